The molecule has 2 heterocycles. The van der Waals surface area contributed by atoms with Crippen LogP contribution in [-0.4, -0.2) is 9.55 Å². The Balaban J connectivity index is 1.20. The number of aromatic nitrogens is 2. The lowest BCUT2D eigenvalue weighted by molar-refractivity contribution is 0.444. The van der Waals surface area contributed by atoms with E-state index >= 15 is 0 Å². The first-order valence-corrected chi connectivity index (χ1v) is 18.6. The van der Waals surface area contributed by atoms with Gasteiger partial charge in [-0.1, -0.05) is 123 Å². The lowest BCUT2D eigenvalue weighted by Crippen LogP contribution is -2.04. The zero-order chi connectivity index (χ0) is 32.6. The van der Waals surface area contributed by atoms with Crippen LogP contribution in [0.2, 0.25) is 0 Å². The normalized spacial score (nSPS) is 16.0. The zero-order valence-corrected chi connectivity index (χ0v) is 28.3. The van der Waals surface area contributed by atoms with E-state index in [0.29, 0.717) is 11.8 Å². The highest BCUT2D eigenvalue weighted by molar-refractivity contribution is 6.10. The summed E-state index contributed by atoms with van der Waals surface area (Å²) >= 11 is 0. The first-order chi connectivity index (χ1) is 24.3. The molecular formula is C47H44N2. The van der Waals surface area contributed by atoms with Gasteiger partial charge < -0.3 is 4.57 Å². The number of rotatable bonds is 6. The molecule has 0 amide bonds. The lowest BCUT2D eigenvalue weighted by Gasteiger charge is -2.22. The molecule has 2 aliphatic rings. The van der Waals surface area contributed by atoms with Crippen LogP contribution in [0.25, 0.3) is 61.1 Å². The van der Waals surface area contributed by atoms with Crippen molar-refractivity contribution in [1.82, 2.24) is 9.55 Å². The Kier molecular flexibility index (Phi) is 8.09. The monoisotopic (exact) mass is 636 g/mol. The average Bonchev–Trinajstić information content (AvgIpc) is 3.52. The number of fused-ring (bicyclic) bond motifs is 3. The summed E-state index contributed by atoms with van der Waals surface area (Å²) in [5, 5.41) is 2.81. The van der Waals surface area contributed by atoms with Gasteiger partial charge in [0.1, 0.15) is 0 Å². The highest BCUT2D eigenvalue weighted by Gasteiger charge is 2.21. The molecule has 0 unspecified atom stereocenters. The fourth-order valence-corrected chi connectivity index (χ4v) is 8.75. The van der Waals surface area contributed by atoms with Gasteiger partial charge >= 0.3 is 0 Å². The maximum absolute atomic E-state index is 5.14. The van der Waals surface area contributed by atoms with Crippen molar-refractivity contribution in [3.8, 4) is 39.3 Å². The van der Waals surface area contributed by atoms with Gasteiger partial charge in [-0.25, -0.2) is 4.98 Å². The molecule has 2 heteroatoms. The average molecular weight is 637 g/mol. The van der Waals surface area contributed by atoms with Crippen LogP contribution in [0.1, 0.15) is 87.2 Å². The van der Waals surface area contributed by atoms with Crippen molar-refractivity contribution in [1.29, 1.82) is 0 Å². The largest absolute Gasteiger partial charge is 0.309 e. The molecule has 2 aromatic heterocycles. The summed E-state index contributed by atoms with van der Waals surface area (Å²) < 4.78 is 2.51. The molecule has 5 aromatic carbocycles. The zero-order valence-electron chi connectivity index (χ0n) is 28.3. The lowest BCUT2D eigenvalue weighted by atomic mass is 9.83. The van der Waals surface area contributed by atoms with Crippen LogP contribution in [0.4, 0.5) is 0 Å². The minimum Gasteiger partial charge on any atom is -0.309 e. The molecule has 2 saturated carbocycles. The Morgan fingerprint density at radius 1 is 0.408 bits per heavy atom. The van der Waals surface area contributed by atoms with Gasteiger partial charge in [-0.3, -0.25) is 0 Å². The van der Waals surface area contributed by atoms with Gasteiger partial charge in [-0.05, 0) is 108 Å². The molecule has 2 aliphatic carbocycles. The number of hydrogen-bond acceptors (Lipinski definition) is 1. The highest BCUT2D eigenvalue weighted by atomic mass is 15.0. The predicted octanol–water partition coefficient (Wildman–Crippen LogP) is 13.3. The molecule has 2 fully saturated rings. The second-order valence-electron chi connectivity index (χ2n) is 14.5. The minimum absolute atomic E-state index is 0.686. The number of hydrogen-bond donors (Lipinski definition) is 0. The number of benzene rings is 5. The summed E-state index contributed by atoms with van der Waals surface area (Å²) in [6, 6.07) is 49.5. The summed E-state index contributed by atoms with van der Waals surface area (Å²) in [5.41, 5.74) is 13.5. The second-order valence-corrected chi connectivity index (χ2v) is 14.5. The van der Waals surface area contributed by atoms with Crippen LogP contribution >= 0.6 is 0 Å². The van der Waals surface area contributed by atoms with Crippen molar-refractivity contribution in [2.24, 2.45) is 0 Å². The van der Waals surface area contributed by atoms with Crippen molar-refractivity contribution in [3.05, 3.63) is 145 Å². The van der Waals surface area contributed by atoms with Gasteiger partial charge in [-0.2, -0.15) is 0 Å². The van der Waals surface area contributed by atoms with Crippen molar-refractivity contribution in [2.45, 2.75) is 76.0 Å². The maximum atomic E-state index is 5.14. The molecular weight excluding hydrogens is 593 g/mol. The quantitative estimate of drug-likeness (QED) is 0.178. The smallest absolute Gasteiger partial charge is 0.0715 e. The molecule has 0 spiro atoms. The standard InChI is InChI=1S/C47H44N2/c1-5-14-33(15-6-1)38-24-26-46-42(29-38)43-30-39(34-16-7-2-8-17-34)25-27-47(43)49(46)41-23-13-22-37(28-41)40-31-44(35-18-9-3-10-19-35)48-45(32-40)36-20-11-4-12-21-36/h3-4,9-13,18-34H,1-2,5-8,14-17H2. The summed E-state index contributed by atoms with van der Waals surface area (Å²) in [6.07, 6.45) is 13.5. The van der Waals surface area contributed by atoms with Crippen LogP contribution < -0.4 is 0 Å². The Bertz CT molecular complexity index is 2100. The van der Waals surface area contributed by atoms with E-state index < -0.39 is 0 Å². The van der Waals surface area contributed by atoms with Crippen molar-refractivity contribution in [2.75, 3.05) is 0 Å². The van der Waals surface area contributed by atoms with Gasteiger partial charge in [0.2, 0.25) is 0 Å². The van der Waals surface area contributed by atoms with E-state index in [1.165, 1.54) is 114 Å². The van der Waals surface area contributed by atoms with Gasteiger partial charge in [-0.15, -0.1) is 0 Å². The number of nitrogens with zero attached hydrogens (tertiary/aromatic N) is 2. The Hall–Kier alpha value is -4.95. The van der Waals surface area contributed by atoms with E-state index in [2.05, 4.69) is 138 Å². The molecule has 7 aromatic rings. The molecule has 49 heavy (non-hydrogen) atoms. The van der Waals surface area contributed by atoms with E-state index in [1.54, 1.807) is 0 Å². The van der Waals surface area contributed by atoms with E-state index in [4.69, 9.17) is 4.98 Å². The fraction of sp³-hybridized carbons (Fsp3) is 0.255. The van der Waals surface area contributed by atoms with Gasteiger partial charge in [0.15, 0.2) is 0 Å². The molecule has 9 rings (SSSR count). The first-order valence-electron chi connectivity index (χ1n) is 18.6. The molecule has 0 bridgehead atoms. The van der Waals surface area contributed by atoms with Gasteiger partial charge in [0.05, 0.1) is 22.4 Å². The third-order valence-electron chi connectivity index (χ3n) is 11.4. The Morgan fingerprint density at radius 2 is 0.898 bits per heavy atom. The molecule has 0 saturated heterocycles. The SMILES string of the molecule is c1ccc(-c2cc(-c3cccc(-n4c5ccc(C6CCCCC6)cc5c5cc(C6CCCCC6)ccc54)c3)cc(-c3ccccc3)n2)cc1. The minimum atomic E-state index is 0.686. The second kappa shape index (κ2) is 13.2. The summed E-state index contributed by atoms with van der Waals surface area (Å²) in [4.78, 5) is 5.14. The van der Waals surface area contributed by atoms with E-state index in [-0.39, 0.29) is 0 Å². The molecule has 2 nitrogen and oxygen atoms in total. The van der Waals surface area contributed by atoms with Crippen LogP contribution in [0.3, 0.4) is 0 Å². The highest BCUT2D eigenvalue weighted by Crippen LogP contribution is 2.41. The molecule has 0 N–H and O–H groups in total. The van der Waals surface area contributed by atoms with E-state index in [0.717, 1.165) is 22.5 Å². The molecule has 0 radical (unpaired) electrons. The van der Waals surface area contributed by atoms with Gasteiger partial charge in [0.25, 0.3) is 0 Å². The predicted molar refractivity (Wildman–Crippen MR) is 207 cm³/mol. The van der Waals surface area contributed by atoms with Crippen molar-refractivity contribution in [3.63, 3.8) is 0 Å². The van der Waals surface area contributed by atoms with Crippen LogP contribution in [0, 0.1) is 0 Å². The van der Waals surface area contributed by atoms with Gasteiger partial charge in [0, 0.05) is 27.6 Å². The van der Waals surface area contributed by atoms with Crippen LogP contribution in [-0.2, 0) is 0 Å². The Labute approximate surface area is 290 Å². The molecule has 0 atom stereocenters. The van der Waals surface area contributed by atoms with Crippen LogP contribution in [0.5, 0.6) is 0 Å². The van der Waals surface area contributed by atoms with E-state index in [1.807, 2.05) is 0 Å². The summed E-state index contributed by atoms with van der Waals surface area (Å²) in [6.45, 7) is 0. The third-order valence-corrected chi connectivity index (χ3v) is 11.4. The fourth-order valence-electron chi connectivity index (χ4n) is 8.75. The molecule has 0 aliphatic heterocycles. The summed E-state index contributed by atoms with van der Waals surface area (Å²) in [5.74, 6) is 1.37. The van der Waals surface area contributed by atoms with Crippen molar-refractivity contribution >= 4 is 21.8 Å². The summed E-state index contributed by atoms with van der Waals surface area (Å²) in [7, 11) is 0. The molecule has 242 valence electrons. The third kappa shape index (κ3) is 5.88. The van der Waals surface area contributed by atoms with Crippen molar-refractivity contribution < 1.29 is 0 Å². The van der Waals surface area contributed by atoms with E-state index in [9.17, 15) is 0 Å². The van der Waals surface area contributed by atoms with Crippen LogP contribution in [0.15, 0.2) is 133 Å². The maximum Gasteiger partial charge on any atom is 0.0715 e. The number of pyridine rings is 1. The Morgan fingerprint density at radius 3 is 1.41 bits per heavy atom. The topological polar surface area (TPSA) is 17.8 Å². The first kappa shape index (κ1) is 30.1.